The van der Waals surface area contributed by atoms with Crippen LogP contribution in [0.15, 0.2) is 52.1 Å². The molecule has 0 aliphatic rings. The van der Waals surface area contributed by atoms with Crippen molar-refractivity contribution in [1.82, 2.24) is 19.5 Å². The molecule has 130 valence electrons. The molecule has 7 nitrogen and oxygen atoms in total. The lowest BCUT2D eigenvalue weighted by atomic mass is 10.2. The molecular formula is C17H17BrN4O3. The Morgan fingerprint density at radius 1 is 1.40 bits per heavy atom. The predicted octanol–water partition coefficient (Wildman–Crippen LogP) is 2.14. The molecule has 3 aromatic rings. The summed E-state index contributed by atoms with van der Waals surface area (Å²) in [6.45, 7) is 1.93. The summed E-state index contributed by atoms with van der Waals surface area (Å²) in [5, 5.41) is 6.90. The Kier molecular flexibility index (Phi) is 4.89. The lowest BCUT2D eigenvalue weighted by Gasteiger charge is -2.15. The number of hydrogen-bond donors (Lipinski definition) is 1. The molecule has 0 saturated carbocycles. The van der Waals surface area contributed by atoms with Gasteiger partial charge in [-0.1, -0.05) is 15.9 Å². The molecule has 2 heterocycles. The summed E-state index contributed by atoms with van der Waals surface area (Å²) in [4.78, 5) is 24.9. The number of methoxy groups -OCH3 is 1. The van der Waals surface area contributed by atoms with Crippen LogP contribution in [-0.4, -0.2) is 27.2 Å². The van der Waals surface area contributed by atoms with Crippen LogP contribution >= 0.6 is 15.9 Å². The van der Waals surface area contributed by atoms with Crippen molar-refractivity contribution in [2.75, 3.05) is 7.11 Å². The van der Waals surface area contributed by atoms with Crippen LogP contribution in [0.1, 0.15) is 18.5 Å². The highest BCUT2D eigenvalue weighted by Gasteiger charge is 2.19. The fourth-order valence-corrected chi connectivity index (χ4v) is 2.97. The molecule has 0 fully saturated rings. The summed E-state index contributed by atoms with van der Waals surface area (Å²) < 4.78 is 8.99. The zero-order valence-electron chi connectivity index (χ0n) is 13.8. The quantitative estimate of drug-likeness (QED) is 0.706. The first-order valence-electron chi connectivity index (χ1n) is 7.66. The van der Waals surface area contributed by atoms with Gasteiger partial charge in [-0.15, -0.1) is 0 Å². The number of aromatic nitrogens is 3. The number of benzene rings is 1. The molecule has 25 heavy (non-hydrogen) atoms. The van der Waals surface area contributed by atoms with Crippen molar-refractivity contribution in [3.63, 3.8) is 0 Å². The number of hydrogen-bond acceptors (Lipinski definition) is 4. The smallest absolute Gasteiger partial charge is 0.291 e. The van der Waals surface area contributed by atoms with E-state index in [9.17, 15) is 9.59 Å². The zero-order chi connectivity index (χ0) is 18.0. The molecular weight excluding hydrogens is 388 g/mol. The van der Waals surface area contributed by atoms with E-state index in [1.807, 2.05) is 18.2 Å². The third-order valence-corrected chi connectivity index (χ3v) is 4.44. The van der Waals surface area contributed by atoms with Gasteiger partial charge in [0.25, 0.3) is 5.56 Å². The van der Waals surface area contributed by atoms with Crippen molar-refractivity contribution in [3.8, 4) is 5.75 Å². The molecule has 3 rings (SSSR count). The average molecular weight is 405 g/mol. The highest BCUT2D eigenvalue weighted by molar-refractivity contribution is 9.10. The van der Waals surface area contributed by atoms with Crippen LogP contribution in [0.2, 0.25) is 0 Å². The van der Waals surface area contributed by atoms with Crippen molar-refractivity contribution in [1.29, 1.82) is 0 Å². The Morgan fingerprint density at radius 3 is 2.96 bits per heavy atom. The highest BCUT2D eigenvalue weighted by Crippen LogP contribution is 2.22. The molecule has 1 atom stereocenters. The molecule has 0 spiro atoms. The van der Waals surface area contributed by atoms with Gasteiger partial charge in [-0.2, -0.15) is 5.10 Å². The number of nitrogens with one attached hydrogen (secondary N) is 1. The van der Waals surface area contributed by atoms with Crippen LogP contribution in [0.5, 0.6) is 5.75 Å². The topological polar surface area (TPSA) is 77.6 Å². The molecule has 2 aromatic heterocycles. The van der Waals surface area contributed by atoms with E-state index < -0.39 is 6.04 Å². The molecule has 1 amide bonds. The fourth-order valence-electron chi connectivity index (χ4n) is 2.56. The number of amides is 1. The molecule has 8 heteroatoms. The maximum Gasteiger partial charge on any atom is 0.291 e. The minimum Gasteiger partial charge on any atom is -0.496 e. The maximum atomic E-state index is 12.5. The molecule has 0 saturated heterocycles. The molecule has 1 N–H and O–H groups in total. The third kappa shape index (κ3) is 3.43. The first-order chi connectivity index (χ1) is 12.0. The van der Waals surface area contributed by atoms with Crippen molar-refractivity contribution in [2.45, 2.75) is 19.5 Å². The molecule has 0 aliphatic heterocycles. The summed E-state index contributed by atoms with van der Waals surface area (Å²) in [6.07, 6.45) is 3.25. The third-order valence-electron chi connectivity index (χ3n) is 3.95. The van der Waals surface area contributed by atoms with E-state index in [1.165, 1.54) is 11.0 Å². The van der Waals surface area contributed by atoms with Gasteiger partial charge in [-0.05, 0) is 37.3 Å². The van der Waals surface area contributed by atoms with Gasteiger partial charge >= 0.3 is 0 Å². The summed E-state index contributed by atoms with van der Waals surface area (Å²) in [5.74, 6) is 0.383. The van der Waals surface area contributed by atoms with E-state index in [0.717, 1.165) is 10.0 Å². The van der Waals surface area contributed by atoms with Gasteiger partial charge in [0.15, 0.2) is 0 Å². The second kappa shape index (κ2) is 7.10. The van der Waals surface area contributed by atoms with Crippen LogP contribution < -0.4 is 15.6 Å². The molecule has 0 unspecified atom stereocenters. The van der Waals surface area contributed by atoms with Gasteiger partial charge in [0.1, 0.15) is 23.6 Å². The van der Waals surface area contributed by atoms with Crippen LogP contribution in [-0.2, 0) is 11.3 Å². The average Bonchev–Trinajstić information content (AvgIpc) is 3.09. The van der Waals surface area contributed by atoms with Crippen molar-refractivity contribution < 1.29 is 9.53 Å². The number of rotatable bonds is 5. The molecule has 0 radical (unpaired) electrons. The molecule has 1 aromatic carbocycles. The maximum absolute atomic E-state index is 12.5. The van der Waals surface area contributed by atoms with Gasteiger partial charge in [-0.3, -0.25) is 9.59 Å². The normalized spacial score (nSPS) is 12.1. The van der Waals surface area contributed by atoms with Crippen LogP contribution in [0.4, 0.5) is 0 Å². The van der Waals surface area contributed by atoms with E-state index in [1.54, 1.807) is 36.8 Å². The minimum atomic E-state index is -0.731. The number of nitrogens with zero attached hydrogens (tertiary/aromatic N) is 3. The van der Waals surface area contributed by atoms with E-state index in [0.29, 0.717) is 11.3 Å². The highest BCUT2D eigenvalue weighted by atomic mass is 79.9. The van der Waals surface area contributed by atoms with Gasteiger partial charge in [0.2, 0.25) is 5.91 Å². The first-order valence-corrected chi connectivity index (χ1v) is 8.45. The van der Waals surface area contributed by atoms with Crippen LogP contribution in [0.25, 0.3) is 5.52 Å². The number of carbonyl (C=O) groups excluding carboxylic acids is 1. The monoisotopic (exact) mass is 404 g/mol. The summed E-state index contributed by atoms with van der Waals surface area (Å²) in [7, 11) is 1.58. The van der Waals surface area contributed by atoms with Crippen molar-refractivity contribution in [3.05, 3.63) is 63.2 Å². The van der Waals surface area contributed by atoms with Crippen LogP contribution in [0, 0.1) is 0 Å². The number of carbonyl (C=O) groups is 1. The SMILES string of the molecule is COc1ccc(Br)cc1CNC(=O)[C@@H](C)n1ncn2cccc2c1=O. The van der Waals surface area contributed by atoms with Gasteiger partial charge in [-0.25, -0.2) is 4.68 Å². The number of ether oxygens (including phenoxy) is 1. The largest absolute Gasteiger partial charge is 0.496 e. The Bertz CT molecular complexity index is 979. The van der Waals surface area contributed by atoms with Gasteiger partial charge in [0, 0.05) is 22.8 Å². The summed E-state index contributed by atoms with van der Waals surface area (Å²) >= 11 is 3.40. The number of fused-ring (bicyclic) bond motifs is 1. The fraction of sp³-hybridized carbons (Fsp3) is 0.235. The standard InChI is InChI=1S/C17H17BrN4O3/c1-11(22-17(24)14-4-3-7-21(14)10-20-22)16(23)19-9-12-8-13(18)5-6-15(12)25-2/h3-8,10-11H,9H2,1-2H3,(H,19,23)/t11-/m1/s1. The first kappa shape index (κ1) is 17.2. The van der Waals surface area contributed by atoms with E-state index in [2.05, 4.69) is 26.3 Å². The Balaban J connectivity index is 1.77. The Morgan fingerprint density at radius 2 is 2.20 bits per heavy atom. The van der Waals surface area contributed by atoms with E-state index >= 15 is 0 Å². The number of halogens is 1. The predicted molar refractivity (Wildman–Crippen MR) is 96.7 cm³/mol. The Labute approximate surface area is 152 Å². The summed E-state index contributed by atoms with van der Waals surface area (Å²) in [6, 6.07) is 8.28. The minimum absolute atomic E-state index is 0.286. The lowest BCUT2D eigenvalue weighted by molar-refractivity contribution is -0.124. The lowest BCUT2D eigenvalue weighted by Crippen LogP contribution is -2.37. The second-order valence-corrected chi connectivity index (χ2v) is 6.45. The van der Waals surface area contributed by atoms with Crippen LogP contribution in [0.3, 0.4) is 0 Å². The van der Waals surface area contributed by atoms with E-state index in [-0.39, 0.29) is 18.0 Å². The second-order valence-electron chi connectivity index (χ2n) is 5.53. The molecule has 0 bridgehead atoms. The molecule has 0 aliphatic carbocycles. The van der Waals surface area contributed by atoms with Crippen molar-refractivity contribution >= 4 is 27.4 Å². The van der Waals surface area contributed by atoms with Gasteiger partial charge < -0.3 is 14.5 Å². The zero-order valence-corrected chi connectivity index (χ0v) is 15.4. The van der Waals surface area contributed by atoms with E-state index in [4.69, 9.17) is 4.74 Å². The van der Waals surface area contributed by atoms with Gasteiger partial charge in [0.05, 0.1) is 7.11 Å². The van der Waals surface area contributed by atoms with Crippen molar-refractivity contribution in [2.24, 2.45) is 0 Å². The summed E-state index contributed by atoms with van der Waals surface area (Å²) in [5.41, 5.74) is 0.998. The Hall–Kier alpha value is -2.61.